The highest BCUT2D eigenvalue weighted by Gasteiger charge is 2.38. The molecular formula is C22H32N4O4. The van der Waals surface area contributed by atoms with Crippen molar-refractivity contribution in [2.75, 3.05) is 26.2 Å². The third-order valence-corrected chi connectivity index (χ3v) is 6.40. The molecule has 0 aromatic heterocycles. The van der Waals surface area contributed by atoms with Gasteiger partial charge >= 0.3 is 0 Å². The van der Waals surface area contributed by atoms with Crippen LogP contribution in [-0.2, 0) is 4.79 Å². The highest BCUT2D eigenvalue weighted by molar-refractivity contribution is 5.94. The molecule has 30 heavy (non-hydrogen) atoms. The summed E-state index contributed by atoms with van der Waals surface area (Å²) in [6.07, 6.45) is 10.00. The molecule has 8 nitrogen and oxygen atoms in total. The number of piperidine rings is 1. The highest BCUT2D eigenvalue weighted by Crippen LogP contribution is 2.35. The second kappa shape index (κ2) is 10.5. The molecule has 1 aliphatic carbocycles. The number of nitro groups is 1. The maximum absolute atomic E-state index is 12.4. The van der Waals surface area contributed by atoms with Crippen LogP contribution in [0.1, 0.15) is 68.1 Å². The van der Waals surface area contributed by atoms with Crippen molar-refractivity contribution in [3.63, 3.8) is 0 Å². The molecule has 1 heterocycles. The zero-order valence-corrected chi connectivity index (χ0v) is 17.5. The average Bonchev–Trinajstić information content (AvgIpc) is 2.79. The molecule has 0 spiro atoms. The lowest BCUT2D eigenvalue weighted by atomic mass is 9.79. The predicted octanol–water partition coefficient (Wildman–Crippen LogP) is 3.02. The van der Waals surface area contributed by atoms with Crippen molar-refractivity contribution in [2.45, 2.75) is 63.3 Å². The summed E-state index contributed by atoms with van der Waals surface area (Å²) in [5.41, 5.74) is 0.375. The standard InChI is InChI=1S/C22H32N4O4/c27-20(11-14-23-21(28)18-7-9-19(10-8-18)26(29)30)24-17-22(12-3-1-4-13-22)25-15-5-2-6-16-25/h7-10H,1-6,11-17H2,(H,23,28)(H,24,27). The maximum atomic E-state index is 12.4. The van der Waals surface area contributed by atoms with E-state index < -0.39 is 4.92 Å². The molecule has 2 amide bonds. The van der Waals surface area contributed by atoms with Gasteiger partial charge in [0.05, 0.1) is 4.92 Å². The van der Waals surface area contributed by atoms with Gasteiger partial charge in [0.2, 0.25) is 5.91 Å². The van der Waals surface area contributed by atoms with Crippen molar-refractivity contribution in [1.82, 2.24) is 15.5 Å². The summed E-state index contributed by atoms with van der Waals surface area (Å²) in [6.45, 7) is 3.17. The van der Waals surface area contributed by atoms with Crippen molar-refractivity contribution >= 4 is 17.5 Å². The van der Waals surface area contributed by atoms with E-state index in [9.17, 15) is 19.7 Å². The first-order valence-corrected chi connectivity index (χ1v) is 11.0. The lowest BCUT2D eigenvalue weighted by molar-refractivity contribution is -0.384. The molecule has 0 unspecified atom stereocenters. The molecule has 0 radical (unpaired) electrons. The number of rotatable bonds is 8. The largest absolute Gasteiger partial charge is 0.354 e. The summed E-state index contributed by atoms with van der Waals surface area (Å²) < 4.78 is 0. The Morgan fingerprint density at radius 3 is 2.23 bits per heavy atom. The van der Waals surface area contributed by atoms with Crippen LogP contribution < -0.4 is 10.6 Å². The molecule has 0 atom stereocenters. The average molecular weight is 417 g/mol. The van der Waals surface area contributed by atoms with Crippen LogP contribution in [-0.4, -0.2) is 53.4 Å². The molecule has 2 N–H and O–H groups in total. The van der Waals surface area contributed by atoms with E-state index in [1.165, 1.54) is 62.8 Å². The topological polar surface area (TPSA) is 105 Å². The van der Waals surface area contributed by atoms with Crippen LogP contribution in [0.25, 0.3) is 0 Å². The van der Waals surface area contributed by atoms with Gasteiger partial charge in [-0.1, -0.05) is 25.7 Å². The third kappa shape index (κ3) is 5.78. The lowest BCUT2D eigenvalue weighted by Gasteiger charge is -2.48. The Morgan fingerprint density at radius 1 is 0.967 bits per heavy atom. The molecule has 3 rings (SSSR count). The Hall–Kier alpha value is -2.48. The van der Waals surface area contributed by atoms with E-state index in [0.717, 1.165) is 25.9 Å². The summed E-state index contributed by atoms with van der Waals surface area (Å²) in [4.78, 5) is 37.3. The number of nitrogens with one attached hydrogen (secondary N) is 2. The summed E-state index contributed by atoms with van der Waals surface area (Å²) >= 11 is 0. The monoisotopic (exact) mass is 416 g/mol. The molecule has 8 heteroatoms. The number of nitro benzene ring substituents is 1. The van der Waals surface area contributed by atoms with Gasteiger partial charge in [-0.25, -0.2) is 0 Å². The van der Waals surface area contributed by atoms with E-state index in [1.54, 1.807) is 0 Å². The Labute approximate surface area is 177 Å². The molecular weight excluding hydrogens is 384 g/mol. The number of carbonyl (C=O) groups excluding carboxylic acids is 2. The molecule has 1 saturated carbocycles. The molecule has 164 valence electrons. The van der Waals surface area contributed by atoms with Crippen molar-refractivity contribution < 1.29 is 14.5 Å². The number of hydrogen-bond acceptors (Lipinski definition) is 5. The number of amides is 2. The van der Waals surface area contributed by atoms with Crippen LogP contribution >= 0.6 is 0 Å². The van der Waals surface area contributed by atoms with E-state index in [1.807, 2.05) is 0 Å². The maximum Gasteiger partial charge on any atom is 0.269 e. The van der Waals surface area contributed by atoms with Gasteiger partial charge in [-0.2, -0.15) is 0 Å². The molecule has 0 bridgehead atoms. The van der Waals surface area contributed by atoms with Gasteiger partial charge in [0.1, 0.15) is 0 Å². The molecule has 2 fully saturated rings. The van der Waals surface area contributed by atoms with Gasteiger partial charge in [-0.05, 0) is 50.9 Å². The van der Waals surface area contributed by atoms with Crippen LogP contribution in [0.3, 0.4) is 0 Å². The fourth-order valence-electron chi connectivity index (χ4n) is 4.66. The van der Waals surface area contributed by atoms with E-state index in [-0.39, 0.29) is 36.0 Å². The zero-order valence-electron chi connectivity index (χ0n) is 17.5. The van der Waals surface area contributed by atoms with Crippen molar-refractivity contribution in [1.29, 1.82) is 0 Å². The predicted molar refractivity (Wildman–Crippen MR) is 114 cm³/mol. The van der Waals surface area contributed by atoms with Crippen LogP contribution in [0.4, 0.5) is 5.69 Å². The minimum absolute atomic E-state index is 0.0547. The number of non-ortho nitro benzene ring substituents is 1. The second-order valence-corrected chi connectivity index (χ2v) is 8.42. The van der Waals surface area contributed by atoms with Crippen molar-refractivity contribution in [2.24, 2.45) is 0 Å². The summed E-state index contributed by atoms with van der Waals surface area (Å²) in [5, 5.41) is 16.5. The van der Waals surface area contributed by atoms with Crippen LogP contribution in [0.2, 0.25) is 0 Å². The van der Waals surface area contributed by atoms with Crippen molar-refractivity contribution in [3.05, 3.63) is 39.9 Å². The van der Waals surface area contributed by atoms with E-state index >= 15 is 0 Å². The number of carbonyl (C=O) groups is 2. The number of nitrogens with zero attached hydrogens (tertiary/aromatic N) is 2. The fourth-order valence-corrected chi connectivity index (χ4v) is 4.66. The Bertz CT molecular complexity index is 738. The van der Waals surface area contributed by atoms with E-state index in [0.29, 0.717) is 12.1 Å². The number of hydrogen-bond donors (Lipinski definition) is 2. The number of likely N-dealkylation sites (tertiary alicyclic amines) is 1. The molecule has 1 aromatic carbocycles. The molecule has 2 aliphatic rings. The zero-order chi connectivity index (χ0) is 21.4. The summed E-state index contributed by atoms with van der Waals surface area (Å²) in [7, 11) is 0. The lowest BCUT2D eigenvalue weighted by Crippen LogP contribution is -2.58. The molecule has 1 aliphatic heterocycles. The molecule has 1 saturated heterocycles. The smallest absolute Gasteiger partial charge is 0.269 e. The second-order valence-electron chi connectivity index (χ2n) is 8.42. The first kappa shape index (κ1) is 22.2. The fraction of sp³-hybridized carbons (Fsp3) is 0.636. The van der Waals surface area contributed by atoms with E-state index in [2.05, 4.69) is 15.5 Å². The van der Waals surface area contributed by atoms with Gasteiger partial charge in [-0.3, -0.25) is 24.6 Å². The first-order chi connectivity index (χ1) is 14.5. The van der Waals surface area contributed by atoms with Gasteiger partial charge in [0.15, 0.2) is 0 Å². The third-order valence-electron chi connectivity index (χ3n) is 6.40. The van der Waals surface area contributed by atoms with Gasteiger partial charge in [-0.15, -0.1) is 0 Å². The minimum Gasteiger partial charge on any atom is -0.354 e. The summed E-state index contributed by atoms with van der Waals surface area (Å²) in [5.74, 6) is -0.393. The van der Waals surface area contributed by atoms with Gasteiger partial charge in [0, 0.05) is 42.7 Å². The Balaban J connectivity index is 1.44. The van der Waals surface area contributed by atoms with Crippen LogP contribution in [0, 0.1) is 10.1 Å². The van der Waals surface area contributed by atoms with Crippen molar-refractivity contribution in [3.8, 4) is 0 Å². The normalized spacial score (nSPS) is 19.1. The Kier molecular flexibility index (Phi) is 7.79. The van der Waals surface area contributed by atoms with Crippen LogP contribution in [0.5, 0.6) is 0 Å². The van der Waals surface area contributed by atoms with E-state index in [4.69, 9.17) is 0 Å². The number of benzene rings is 1. The Morgan fingerprint density at radius 2 is 1.60 bits per heavy atom. The first-order valence-electron chi connectivity index (χ1n) is 11.0. The van der Waals surface area contributed by atoms with Gasteiger partial charge < -0.3 is 10.6 Å². The molecule has 1 aromatic rings. The quantitative estimate of drug-likeness (QED) is 0.501. The minimum atomic E-state index is -0.505. The van der Waals surface area contributed by atoms with Gasteiger partial charge in [0.25, 0.3) is 11.6 Å². The highest BCUT2D eigenvalue weighted by atomic mass is 16.6. The summed E-state index contributed by atoms with van der Waals surface area (Å²) in [6, 6.07) is 5.43. The SMILES string of the molecule is O=C(CCNC(=O)c1ccc([N+](=O)[O-])cc1)NCC1(N2CCCCC2)CCCCC1. The van der Waals surface area contributed by atoms with Crippen LogP contribution in [0.15, 0.2) is 24.3 Å².